The zero-order chi connectivity index (χ0) is 13.5. The maximum Gasteiger partial charge on any atom is 0.224 e. The summed E-state index contributed by atoms with van der Waals surface area (Å²) in [6.07, 6.45) is 2.64. The summed E-state index contributed by atoms with van der Waals surface area (Å²) in [6.45, 7) is 4.56. The largest absolute Gasteiger partial charge is 0.494 e. The number of carbonyl (C=O) groups excluding carboxylic acids is 1. The lowest BCUT2D eigenvalue weighted by Crippen LogP contribution is -2.46. The van der Waals surface area contributed by atoms with E-state index in [4.69, 9.17) is 4.74 Å². The van der Waals surface area contributed by atoms with Gasteiger partial charge in [0.15, 0.2) is 0 Å². The quantitative estimate of drug-likeness (QED) is 0.873. The predicted octanol–water partition coefficient (Wildman–Crippen LogP) is 1.92. The minimum atomic E-state index is 0. The lowest BCUT2D eigenvalue weighted by molar-refractivity contribution is -0.121. The molecule has 0 spiro atoms. The summed E-state index contributed by atoms with van der Waals surface area (Å²) in [4.78, 5) is 11.9. The highest BCUT2D eigenvalue weighted by Crippen LogP contribution is 2.12. The van der Waals surface area contributed by atoms with Crippen LogP contribution in [-0.4, -0.2) is 31.6 Å². The molecule has 1 saturated heterocycles. The Morgan fingerprint density at radius 3 is 2.75 bits per heavy atom. The third-order valence-corrected chi connectivity index (χ3v) is 3.26. The standard InChI is InChI=1S/C15H22N2O2.ClH/c1-2-19-14-7-5-12(6-8-14)10-15(18)17-13-4-3-9-16-11-13;/h5-8,13,16H,2-4,9-11H2,1H3,(H,17,18);1H. The third kappa shape index (κ3) is 5.39. The fraction of sp³-hybridized carbons (Fsp3) is 0.533. The number of amides is 1. The molecule has 4 nitrogen and oxygen atoms in total. The van der Waals surface area contributed by atoms with Crippen molar-refractivity contribution in [1.29, 1.82) is 0 Å². The van der Waals surface area contributed by atoms with Gasteiger partial charge < -0.3 is 15.4 Å². The van der Waals surface area contributed by atoms with E-state index in [9.17, 15) is 4.79 Å². The highest BCUT2D eigenvalue weighted by atomic mass is 35.5. The summed E-state index contributed by atoms with van der Waals surface area (Å²) in [5, 5.41) is 6.37. The van der Waals surface area contributed by atoms with Crippen LogP contribution < -0.4 is 15.4 Å². The summed E-state index contributed by atoms with van der Waals surface area (Å²) in [6, 6.07) is 8.00. The molecule has 20 heavy (non-hydrogen) atoms. The Balaban J connectivity index is 0.00000200. The lowest BCUT2D eigenvalue weighted by Gasteiger charge is -2.23. The van der Waals surface area contributed by atoms with Crippen LogP contribution >= 0.6 is 12.4 Å². The summed E-state index contributed by atoms with van der Waals surface area (Å²) in [5.41, 5.74) is 1.02. The molecule has 1 aromatic rings. The summed E-state index contributed by atoms with van der Waals surface area (Å²) in [5.74, 6) is 0.945. The Kier molecular flexibility index (Phi) is 7.41. The van der Waals surface area contributed by atoms with Crippen LogP contribution in [0.4, 0.5) is 0 Å². The van der Waals surface area contributed by atoms with Gasteiger partial charge in [0.1, 0.15) is 5.75 Å². The van der Waals surface area contributed by atoms with Crippen LogP contribution in [0, 0.1) is 0 Å². The number of piperidine rings is 1. The van der Waals surface area contributed by atoms with Gasteiger partial charge in [-0.1, -0.05) is 12.1 Å². The maximum absolute atomic E-state index is 11.9. The zero-order valence-electron chi connectivity index (χ0n) is 11.9. The van der Waals surface area contributed by atoms with Crippen LogP contribution in [0.15, 0.2) is 24.3 Å². The van der Waals surface area contributed by atoms with Gasteiger partial charge in [-0.15, -0.1) is 12.4 Å². The first-order chi connectivity index (χ1) is 9.28. The van der Waals surface area contributed by atoms with E-state index in [-0.39, 0.29) is 24.4 Å². The number of ether oxygens (including phenoxy) is 1. The highest BCUT2D eigenvalue weighted by Gasteiger charge is 2.15. The Bertz CT molecular complexity index is 403. The summed E-state index contributed by atoms with van der Waals surface area (Å²) >= 11 is 0. The van der Waals surface area contributed by atoms with Crippen molar-refractivity contribution in [3.8, 4) is 5.75 Å². The van der Waals surface area contributed by atoms with E-state index in [1.54, 1.807) is 0 Å². The van der Waals surface area contributed by atoms with Crippen LogP contribution in [0.2, 0.25) is 0 Å². The van der Waals surface area contributed by atoms with E-state index in [1.807, 2.05) is 31.2 Å². The molecule has 1 aromatic carbocycles. The normalized spacial score (nSPS) is 17.9. The first-order valence-corrected chi connectivity index (χ1v) is 6.99. The summed E-state index contributed by atoms with van der Waals surface area (Å²) < 4.78 is 5.38. The third-order valence-electron chi connectivity index (χ3n) is 3.26. The molecule has 1 unspecified atom stereocenters. The molecule has 0 bridgehead atoms. The number of benzene rings is 1. The molecule has 0 aromatic heterocycles. The second kappa shape index (κ2) is 8.82. The lowest BCUT2D eigenvalue weighted by atomic mass is 10.1. The molecule has 0 saturated carbocycles. The maximum atomic E-state index is 11.9. The molecule has 112 valence electrons. The zero-order valence-corrected chi connectivity index (χ0v) is 12.7. The molecular weight excluding hydrogens is 276 g/mol. The van der Waals surface area contributed by atoms with Crippen LogP contribution in [0.3, 0.4) is 0 Å². The van der Waals surface area contributed by atoms with Crippen molar-refractivity contribution < 1.29 is 9.53 Å². The first kappa shape index (κ1) is 16.8. The van der Waals surface area contributed by atoms with Crippen molar-refractivity contribution in [3.63, 3.8) is 0 Å². The minimum Gasteiger partial charge on any atom is -0.494 e. The number of nitrogens with one attached hydrogen (secondary N) is 2. The Labute approximate surface area is 126 Å². The minimum absolute atomic E-state index is 0. The van der Waals surface area contributed by atoms with Crippen LogP contribution in [0.25, 0.3) is 0 Å². The van der Waals surface area contributed by atoms with Crippen molar-refractivity contribution in [3.05, 3.63) is 29.8 Å². The number of halogens is 1. The van der Waals surface area contributed by atoms with E-state index in [0.717, 1.165) is 37.2 Å². The molecule has 1 atom stereocenters. The molecule has 5 heteroatoms. The van der Waals surface area contributed by atoms with Crippen molar-refractivity contribution in [2.75, 3.05) is 19.7 Å². The number of hydrogen-bond acceptors (Lipinski definition) is 3. The van der Waals surface area contributed by atoms with E-state index in [1.165, 1.54) is 0 Å². The molecule has 1 fully saturated rings. The van der Waals surface area contributed by atoms with Gasteiger partial charge in [0.25, 0.3) is 0 Å². The van der Waals surface area contributed by atoms with Gasteiger partial charge in [0.05, 0.1) is 13.0 Å². The van der Waals surface area contributed by atoms with Gasteiger partial charge >= 0.3 is 0 Å². The number of rotatable bonds is 5. The van der Waals surface area contributed by atoms with Crippen LogP contribution in [-0.2, 0) is 11.2 Å². The molecule has 0 radical (unpaired) electrons. The molecule has 2 rings (SSSR count). The monoisotopic (exact) mass is 298 g/mol. The van der Waals surface area contributed by atoms with E-state index in [0.29, 0.717) is 13.0 Å². The van der Waals surface area contributed by atoms with Crippen LogP contribution in [0.5, 0.6) is 5.75 Å². The molecule has 1 aliphatic rings. The Morgan fingerprint density at radius 2 is 2.15 bits per heavy atom. The summed E-state index contributed by atoms with van der Waals surface area (Å²) in [7, 11) is 0. The Hall–Kier alpha value is -1.26. The second-order valence-corrected chi connectivity index (χ2v) is 4.86. The van der Waals surface area contributed by atoms with Crippen molar-refractivity contribution in [2.45, 2.75) is 32.2 Å². The SMILES string of the molecule is CCOc1ccc(CC(=O)NC2CCCNC2)cc1.Cl. The van der Waals surface area contributed by atoms with Gasteiger partial charge in [-0.25, -0.2) is 0 Å². The van der Waals surface area contributed by atoms with E-state index >= 15 is 0 Å². The van der Waals surface area contributed by atoms with Crippen molar-refractivity contribution in [1.82, 2.24) is 10.6 Å². The Morgan fingerprint density at radius 1 is 1.40 bits per heavy atom. The average molecular weight is 299 g/mol. The first-order valence-electron chi connectivity index (χ1n) is 6.99. The topological polar surface area (TPSA) is 50.4 Å². The molecule has 0 aliphatic carbocycles. The van der Waals surface area contributed by atoms with E-state index < -0.39 is 0 Å². The van der Waals surface area contributed by atoms with Crippen molar-refractivity contribution >= 4 is 18.3 Å². The van der Waals surface area contributed by atoms with Gasteiger partial charge in [-0.05, 0) is 44.0 Å². The van der Waals surface area contributed by atoms with Gasteiger partial charge in [0.2, 0.25) is 5.91 Å². The van der Waals surface area contributed by atoms with Gasteiger partial charge in [-0.3, -0.25) is 4.79 Å². The fourth-order valence-corrected chi connectivity index (χ4v) is 2.31. The van der Waals surface area contributed by atoms with Crippen molar-refractivity contribution in [2.24, 2.45) is 0 Å². The molecule has 1 amide bonds. The molecule has 1 heterocycles. The number of carbonyl (C=O) groups is 1. The number of hydrogen-bond donors (Lipinski definition) is 2. The van der Waals surface area contributed by atoms with Gasteiger partial charge in [0, 0.05) is 12.6 Å². The highest BCUT2D eigenvalue weighted by molar-refractivity contribution is 5.85. The average Bonchev–Trinajstić information content (AvgIpc) is 2.42. The molecule has 1 aliphatic heterocycles. The predicted molar refractivity (Wildman–Crippen MR) is 82.6 cm³/mol. The second-order valence-electron chi connectivity index (χ2n) is 4.86. The molecular formula is C15H23ClN2O2. The van der Waals surface area contributed by atoms with E-state index in [2.05, 4.69) is 10.6 Å². The smallest absolute Gasteiger partial charge is 0.224 e. The molecule has 2 N–H and O–H groups in total. The van der Waals surface area contributed by atoms with Crippen LogP contribution in [0.1, 0.15) is 25.3 Å². The van der Waals surface area contributed by atoms with Gasteiger partial charge in [-0.2, -0.15) is 0 Å². The fourth-order valence-electron chi connectivity index (χ4n) is 2.31.